The lowest BCUT2D eigenvalue weighted by Gasteiger charge is -2.41. The fourth-order valence-electron chi connectivity index (χ4n) is 11.8. The Morgan fingerprint density at radius 3 is 1.91 bits per heavy atom. The van der Waals surface area contributed by atoms with Crippen molar-refractivity contribution in [2.75, 3.05) is 107 Å². The van der Waals surface area contributed by atoms with Gasteiger partial charge in [-0.2, -0.15) is 0 Å². The molecule has 5 N–H and O–H groups in total. The Labute approximate surface area is 569 Å². The summed E-state index contributed by atoms with van der Waals surface area (Å²) in [6.07, 6.45) is 1.23. The lowest BCUT2D eigenvalue weighted by atomic mass is 9.83. The van der Waals surface area contributed by atoms with Crippen LogP contribution < -0.4 is 16.0 Å². The smallest absolute Gasteiger partial charge is 0.307 e. The van der Waals surface area contributed by atoms with Crippen molar-refractivity contribution in [3.63, 3.8) is 0 Å². The van der Waals surface area contributed by atoms with Crippen LogP contribution in [0.5, 0.6) is 0 Å². The van der Waals surface area contributed by atoms with Crippen molar-refractivity contribution in [3.05, 3.63) is 35.9 Å². The zero-order valence-corrected chi connectivity index (χ0v) is 59.4. The quantitative estimate of drug-likeness (QED) is 0.0479. The molecule has 1 fully saturated rings. The Hall–Kier alpha value is -5.90. The van der Waals surface area contributed by atoms with Crippen molar-refractivity contribution in [1.82, 2.24) is 30.7 Å². The van der Waals surface area contributed by atoms with E-state index in [1.165, 1.54) is 26.0 Å². The van der Waals surface area contributed by atoms with Crippen LogP contribution in [0.3, 0.4) is 0 Å². The van der Waals surface area contributed by atoms with Gasteiger partial charge < -0.3 is 69.3 Å². The summed E-state index contributed by atoms with van der Waals surface area (Å²) >= 11 is 0.942. The number of benzene rings is 1. The summed E-state index contributed by atoms with van der Waals surface area (Å²) in [6, 6.07) is 6.26. The van der Waals surface area contributed by atoms with Gasteiger partial charge in [-0.3, -0.25) is 52.7 Å². The molecule has 0 saturated carbocycles. The van der Waals surface area contributed by atoms with Gasteiger partial charge in [-0.05, 0) is 62.3 Å². The van der Waals surface area contributed by atoms with E-state index in [1.807, 2.05) is 71.9 Å². The topological polar surface area (TPSA) is 329 Å². The van der Waals surface area contributed by atoms with Gasteiger partial charge in [-0.1, -0.05) is 98.5 Å². The second-order valence-corrected chi connectivity index (χ2v) is 26.5. The number of carbonyl (C=O) groups is 11. The van der Waals surface area contributed by atoms with Gasteiger partial charge in [-0.15, -0.1) is 11.8 Å². The number of hydrogen-bond acceptors (Lipinski definition) is 18. The number of likely N-dealkylation sites (tertiary alicyclic amines) is 1. The molecule has 1 aliphatic rings. The number of nitrogens with one attached hydrogen (secondary N) is 3. The van der Waals surface area contributed by atoms with E-state index in [1.54, 1.807) is 30.8 Å². The molecule has 0 radical (unpaired) electrons. The van der Waals surface area contributed by atoms with Crippen LogP contribution in [0.1, 0.15) is 153 Å². The number of nitrogens with zero attached hydrogens (tertiary/aromatic N) is 3. The zero-order chi connectivity index (χ0) is 71.9. The Morgan fingerprint density at radius 1 is 0.716 bits per heavy atom. The summed E-state index contributed by atoms with van der Waals surface area (Å²) in [6.45, 7) is 17.6. The molecule has 25 nitrogen and oxygen atoms in total. The highest BCUT2D eigenvalue weighted by atomic mass is 32.2. The van der Waals surface area contributed by atoms with Gasteiger partial charge in [0.05, 0.1) is 113 Å². The molecule has 1 aliphatic heterocycles. The summed E-state index contributed by atoms with van der Waals surface area (Å²) in [4.78, 5) is 150. The van der Waals surface area contributed by atoms with Crippen LogP contribution >= 0.6 is 11.8 Å². The van der Waals surface area contributed by atoms with Crippen molar-refractivity contribution in [2.24, 2.45) is 35.5 Å². The minimum atomic E-state index is -1.22. The molecule has 540 valence electrons. The van der Waals surface area contributed by atoms with Crippen LogP contribution in [0.2, 0.25) is 0 Å². The molecule has 26 heteroatoms. The van der Waals surface area contributed by atoms with E-state index in [4.69, 9.17) is 29.8 Å². The molecular weight excluding hydrogens is 1250 g/mol. The standard InChI is InChI=1S/C69H114N6O19S/c1-14-47(7)65(57(89-12)42-62(82)75-30-22-25-54(75)66(90-13)48(8)55(77)40-51(69(87)88)39-50-23-18-16-19-24-50)74(11)68(86)52(45(3)4)41-56(78)64(46(5)6)73(10)61(81)26-20-17-21-28-71-67(85)58(43-63(83)84)95-44-53(49(9)76)72-60(80)27-31-91-33-35-93-37-38-94-36-34-92-32-29-70-59(79)15-2/h16,18-19,23-24,45-48,51-54,57-58,64-66H,14-15,17,20-22,25-44H2,1-13H3,(H,70,79)(H,71,85)(H,72,80)(H,83,84)(H,87,88)/t47-,48-,51+,52-,53?,54-,57+,58?,64-,65?,66+/m0/s1/i2T. The molecule has 0 spiro atoms. The van der Waals surface area contributed by atoms with E-state index in [0.29, 0.717) is 84.6 Å². The highest BCUT2D eigenvalue weighted by Gasteiger charge is 2.44. The Morgan fingerprint density at radius 2 is 1.35 bits per heavy atom. The SMILES string of the molecule is [3H]CCC(=O)NCCOCCOCCOCCOCCC(=O)NC(CSC(CC(=O)O)C(=O)NCCCCCC(=O)N(C)[C@H](C(=O)C[C@H](C(=O)N(C)C([C@@H](C)CC)[C@@H](CC(=O)N1CCC[C@H]1[C@H](OC)[C@@H](C)C(=O)C[C@@H](Cc1ccccc1)C(=O)O)OC)C(C)C)C(C)C)C(C)=O. The van der Waals surface area contributed by atoms with Crippen molar-refractivity contribution in [3.8, 4) is 0 Å². The zero-order valence-electron chi connectivity index (χ0n) is 59.6. The second kappa shape index (κ2) is 47.1. The van der Waals surface area contributed by atoms with Crippen molar-refractivity contribution < 1.29 is 92.7 Å². The van der Waals surface area contributed by atoms with Gasteiger partial charge >= 0.3 is 11.9 Å². The Kier molecular flexibility index (Phi) is 41.3. The highest BCUT2D eigenvalue weighted by Crippen LogP contribution is 2.32. The van der Waals surface area contributed by atoms with Crippen molar-refractivity contribution in [1.29, 1.82) is 0 Å². The van der Waals surface area contributed by atoms with Gasteiger partial charge in [0.15, 0.2) is 11.6 Å². The van der Waals surface area contributed by atoms with E-state index in [9.17, 15) is 63.0 Å². The number of methoxy groups -OCH3 is 2. The number of thioether (sulfide) groups is 1. The first kappa shape index (κ1) is 83.3. The predicted octanol–water partition coefficient (Wildman–Crippen LogP) is 5.83. The van der Waals surface area contributed by atoms with Gasteiger partial charge in [0.2, 0.25) is 35.4 Å². The number of unbranched alkanes of at least 4 members (excludes halogenated alkanes) is 2. The van der Waals surface area contributed by atoms with E-state index >= 15 is 0 Å². The first-order valence-electron chi connectivity index (χ1n) is 34.3. The third kappa shape index (κ3) is 31.5. The maximum Gasteiger partial charge on any atom is 0.307 e. The Bertz CT molecular complexity index is 2550. The van der Waals surface area contributed by atoms with Gasteiger partial charge in [0.1, 0.15) is 5.78 Å². The number of carbonyl (C=O) groups excluding carboxylic acids is 9. The maximum atomic E-state index is 14.8. The normalized spacial score (nSPS) is 16.5. The molecule has 1 saturated heterocycles. The van der Waals surface area contributed by atoms with Crippen LogP contribution in [0.15, 0.2) is 30.3 Å². The number of rotatable bonds is 53. The fourth-order valence-corrected chi connectivity index (χ4v) is 13.0. The maximum absolute atomic E-state index is 14.8. The number of likely N-dealkylation sites (N-methyl/N-ethyl adjacent to an activating group) is 2. The summed E-state index contributed by atoms with van der Waals surface area (Å²) in [5.74, 6) is -8.45. The summed E-state index contributed by atoms with van der Waals surface area (Å²) in [5.41, 5.74) is 0.810. The molecule has 0 bridgehead atoms. The molecule has 0 aromatic heterocycles. The number of hydrogen-bond donors (Lipinski definition) is 5. The van der Waals surface area contributed by atoms with Crippen LogP contribution in [0.25, 0.3) is 0 Å². The predicted molar refractivity (Wildman–Crippen MR) is 360 cm³/mol. The number of ether oxygens (including phenoxy) is 6. The van der Waals surface area contributed by atoms with Crippen LogP contribution in [0.4, 0.5) is 0 Å². The third-order valence-electron chi connectivity index (χ3n) is 17.5. The van der Waals surface area contributed by atoms with Crippen molar-refractivity contribution >= 4 is 76.5 Å². The molecular formula is C69H114N6O19S. The number of aliphatic carboxylic acids is 2. The molecule has 1 aromatic rings. The monoisotopic (exact) mass is 1360 g/mol. The third-order valence-corrected chi connectivity index (χ3v) is 18.8. The lowest BCUT2D eigenvalue weighted by molar-refractivity contribution is -0.150. The molecule has 11 atom stereocenters. The van der Waals surface area contributed by atoms with E-state index in [2.05, 4.69) is 16.0 Å². The first-order chi connectivity index (χ1) is 45.6. The molecule has 2 rings (SSSR count). The van der Waals surface area contributed by atoms with E-state index in [-0.39, 0.29) is 143 Å². The van der Waals surface area contributed by atoms with Crippen LogP contribution in [0, 0.1) is 35.5 Å². The van der Waals surface area contributed by atoms with E-state index in [0.717, 1.165) is 17.3 Å². The molecule has 3 unspecified atom stereocenters. The average molecular weight is 1370 g/mol. The summed E-state index contributed by atoms with van der Waals surface area (Å²) < 4.78 is 40.8. The lowest BCUT2D eigenvalue weighted by Crippen LogP contribution is -2.54. The Balaban J connectivity index is 1.93. The number of amides is 6. The van der Waals surface area contributed by atoms with Gasteiger partial charge in [-0.25, -0.2) is 0 Å². The van der Waals surface area contributed by atoms with Gasteiger partial charge in [0.25, 0.3) is 0 Å². The number of carboxylic acid groups (broad SMARTS) is 2. The van der Waals surface area contributed by atoms with E-state index < -0.39 is 89.6 Å². The molecule has 6 amide bonds. The average Bonchev–Trinajstić information content (AvgIpc) is 1.38. The molecule has 95 heavy (non-hydrogen) atoms. The van der Waals surface area contributed by atoms with Gasteiger partial charge in [0, 0.05) is 99.0 Å². The van der Waals surface area contributed by atoms with Crippen molar-refractivity contribution in [2.45, 2.75) is 194 Å². The summed E-state index contributed by atoms with van der Waals surface area (Å²) in [5, 5.41) is 26.7. The van der Waals surface area contributed by atoms with Crippen LogP contribution in [-0.2, 0) is 87.6 Å². The number of carboxylic acids is 2. The largest absolute Gasteiger partial charge is 0.481 e. The highest BCUT2D eigenvalue weighted by molar-refractivity contribution is 8.00. The molecule has 1 heterocycles. The minimum Gasteiger partial charge on any atom is -0.481 e. The molecule has 1 aromatic carbocycles. The fraction of sp³-hybridized carbons (Fsp3) is 0.754. The number of ketones is 3. The second-order valence-electron chi connectivity index (χ2n) is 25.3. The summed E-state index contributed by atoms with van der Waals surface area (Å²) in [7, 11) is 6.25. The first-order valence-corrected chi connectivity index (χ1v) is 34.7. The van der Waals surface area contributed by atoms with Crippen LogP contribution in [-0.4, -0.2) is 238 Å². The number of Topliss-reactive ketones (excluding diaryl/α,β-unsaturated/α-hetero) is 3. The minimum absolute atomic E-state index is 0.0389. The molecule has 0 aliphatic carbocycles.